The molecule has 0 amide bonds. The first kappa shape index (κ1) is 56.2. The summed E-state index contributed by atoms with van der Waals surface area (Å²) in [6.45, 7) is 40.0. The second-order valence-corrected chi connectivity index (χ2v) is 21.2. The van der Waals surface area contributed by atoms with Gasteiger partial charge in [0.25, 0.3) is 0 Å². The van der Waals surface area contributed by atoms with Gasteiger partial charge in [-0.25, -0.2) is 4.98 Å². The van der Waals surface area contributed by atoms with Crippen LogP contribution in [0.4, 0.5) is 0 Å². The number of hydrogen-bond acceptors (Lipinski definition) is 10. The lowest BCUT2D eigenvalue weighted by Crippen LogP contribution is -2.43. The lowest BCUT2D eigenvalue weighted by Gasteiger charge is -2.33. The summed E-state index contributed by atoms with van der Waals surface area (Å²) in [4.78, 5) is 14.7. The van der Waals surface area contributed by atoms with Crippen molar-refractivity contribution in [3.05, 3.63) is 121 Å². The first-order valence-electron chi connectivity index (χ1n) is 25.3. The van der Waals surface area contributed by atoms with Gasteiger partial charge < -0.3 is 31.2 Å². The molecule has 1 aliphatic heterocycles. The van der Waals surface area contributed by atoms with E-state index in [2.05, 4.69) is 154 Å². The number of nitrogens with zero attached hydrogens (tertiary/aromatic N) is 5. The highest BCUT2D eigenvalue weighted by Crippen LogP contribution is 2.42. The van der Waals surface area contributed by atoms with Gasteiger partial charge in [0.1, 0.15) is 0 Å². The maximum absolute atomic E-state index is 6.52. The first-order valence-corrected chi connectivity index (χ1v) is 26.2. The van der Waals surface area contributed by atoms with Crippen LogP contribution in [-0.4, -0.2) is 83.2 Å². The third-order valence-electron chi connectivity index (χ3n) is 13.7. The number of pyridine rings is 1. The number of unbranched alkanes of at least 4 members (excludes halogenated alkanes) is 1. The van der Waals surface area contributed by atoms with E-state index in [-0.39, 0.29) is 29.6 Å². The third-order valence-corrected chi connectivity index (χ3v) is 14.5. The molecule has 0 spiro atoms. The largest absolute Gasteiger partial charge is 0.384 e. The maximum Gasteiger partial charge on any atom is 0.0953 e. The predicted octanol–water partition coefficient (Wildman–Crippen LogP) is 11.4. The molecule has 2 fully saturated rings. The van der Waals surface area contributed by atoms with Crippen LogP contribution in [0.3, 0.4) is 0 Å². The van der Waals surface area contributed by atoms with Crippen LogP contribution in [0.25, 0.3) is 33.4 Å². The van der Waals surface area contributed by atoms with Crippen LogP contribution in [0.1, 0.15) is 115 Å². The Morgan fingerprint density at radius 2 is 1.79 bits per heavy atom. The Kier molecular flexibility index (Phi) is 22.4. The minimum Gasteiger partial charge on any atom is -0.384 e. The molecule has 5 atom stereocenters. The fraction of sp³-hybridized carbons (Fsp3) is 0.544. The van der Waals surface area contributed by atoms with Gasteiger partial charge in [-0.3, -0.25) is 15.8 Å². The van der Waals surface area contributed by atoms with E-state index in [1.54, 1.807) is 11.3 Å². The second-order valence-electron chi connectivity index (χ2n) is 20.3. The number of rotatable bonds is 26. The molecule has 4 aromatic rings. The van der Waals surface area contributed by atoms with Gasteiger partial charge in [0.2, 0.25) is 0 Å². The summed E-state index contributed by atoms with van der Waals surface area (Å²) >= 11 is 1.76. The van der Waals surface area contributed by atoms with Gasteiger partial charge in [0, 0.05) is 95.7 Å². The molecule has 1 aliphatic carbocycles. The molecule has 1 saturated carbocycles. The van der Waals surface area contributed by atoms with Gasteiger partial charge in [0.15, 0.2) is 0 Å². The van der Waals surface area contributed by atoms with E-state index in [1.807, 2.05) is 32.3 Å². The van der Waals surface area contributed by atoms with E-state index in [0.29, 0.717) is 17.8 Å². The van der Waals surface area contributed by atoms with Crippen molar-refractivity contribution in [3.63, 3.8) is 0 Å². The Bertz CT molecular complexity index is 2200. The van der Waals surface area contributed by atoms with Gasteiger partial charge in [-0.15, -0.1) is 37.7 Å². The monoisotopic (exact) mass is 947 g/mol. The molecule has 2 aliphatic rings. The van der Waals surface area contributed by atoms with Crippen molar-refractivity contribution in [2.24, 2.45) is 34.6 Å². The highest BCUT2D eigenvalue weighted by Gasteiger charge is 2.34. The maximum atomic E-state index is 6.52. The van der Waals surface area contributed by atoms with E-state index in [0.717, 1.165) is 110 Å². The number of nitrogens with two attached hydrogens (primary N) is 2. The fourth-order valence-electron chi connectivity index (χ4n) is 9.98. The Morgan fingerprint density at radius 3 is 2.40 bits per heavy atom. The van der Waals surface area contributed by atoms with Crippen molar-refractivity contribution in [2.45, 2.75) is 136 Å². The molecule has 6 rings (SSSR count). The third kappa shape index (κ3) is 15.3. The van der Waals surface area contributed by atoms with Crippen LogP contribution in [0.15, 0.2) is 105 Å². The van der Waals surface area contributed by atoms with Gasteiger partial charge >= 0.3 is 0 Å². The number of nitrogens with one attached hydrogen (secondary N) is 3. The number of fused-ring (bicyclic) bond motifs is 1. The second kappa shape index (κ2) is 27.1. The van der Waals surface area contributed by atoms with Crippen LogP contribution < -0.4 is 27.6 Å². The number of benzene rings is 1. The van der Waals surface area contributed by atoms with Crippen molar-refractivity contribution < 1.29 is 0 Å². The lowest BCUT2D eigenvalue weighted by molar-refractivity contribution is 0.251. The number of aromatic nitrogens is 3. The molecular formula is C57H90N10S. The number of thiazole rings is 1. The molecular weight excluding hydrogens is 857 g/mol. The van der Waals surface area contributed by atoms with E-state index in [9.17, 15) is 0 Å². The molecule has 11 heteroatoms. The average Bonchev–Trinajstić information content (AvgIpc) is 3.73. The zero-order valence-electron chi connectivity index (χ0n) is 43.7. The van der Waals surface area contributed by atoms with Crippen molar-refractivity contribution in [1.29, 1.82) is 0 Å². The van der Waals surface area contributed by atoms with E-state index >= 15 is 0 Å². The summed E-state index contributed by atoms with van der Waals surface area (Å²) in [6.07, 6.45) is 16.9. The summed E-state index contributed by atoms with van der Waals surface area (Å²) in [5.74, 6) is 1.81. The van der Waals surface area contributed by atoms with Crippen molar-refractivity contribution in [2.75, 3.05) is 40.8 Å². The number of hydrogen-bond donors (Lipinski definition) is 5. The number of likely N-dealkylation sites (N-methyl/N-ethyl adjacent to an activating group) is 1. The molecule has 0 bridgehead atoms. The number of allylic oxidation sites excluding steroid dienone is 1. The molecule has 4 unspecified atom stereocenters. The summed E-state index contributed by atoms with van der Waals surface area (Å²) in [6, 6.07) is 11.7. The van der Waals surface area contributed by atoms with Gasteiger partial charge in [-0.2, -0.15) is 0 Å². The highest BCUT2D eigenvalue weighted by atomic mass is 32.1. The van der Waals surface area contributed by atoms with Crippen LogP contribution in [0.2, 0.25) is 0 Å². The van der Waals surface area contributed by atoms with Crippen molar-refractivity contribution in [1.82, 2.24) is 40.5 Å². The Morgan fingerprint density at radius 1 is 1.06 bits per heavy atom. The van der Waals surface area contributed by atoms with E-state index < -0.39 is 0 Å². The van der Waals surface area contributed by atoms with Gasteiger partial charge in [-0.05, 0) is 139 Å². The van der Waals surface area contributed by atoms with Gasteiger partial charge in [0.05, 0.1) is 28.1 Å². The molecule has 0 radical (unpaired) electrons. The zero-order valence-corrected chi connectivity index (χ0v) is 44.5. The Balaban J connectivity index is 0.000000530. The van der Waals surface area contributed by atoms with Crippen molar-refractivity contribution >= 4 is 22.2 Å². The minimum absolute atomic E-state index is 0.0760. The molecule has 10 nitrogen and oxygen atoms in total. The van der Waals surface area contributed by atoms with Crippen molar-refractivity contribution in [3.8, 4) is 22.5 Å². The van der Waals surface area contributed by atoms with Gasteiger partial charge in [-0.1, -0.05) is 65.5 Å². The summed E-state index contributed by atoms with van der Waals surface area (Å²) in [5.41, 5.74) is 29.3. The molecule has 68 heavy (non-hydrogen) atoms. The fourth-order valence-corrected chi connectivity index (χ4v) is 10.9. The molecule has 3 aromatic heterocycles. The predicted molar refractivity (Wildman–Crippen MR) is 295 cm³/mol. The first-order chi connectivity index (χ1) is 32.5. The summed E-state index contributed by atoms with van der Waals surface area (Å²) in [7, 11) is 6.20. The highest BCUT2D eigenvalue weighted by molar-refractivity contribution is 7.10. The lowest BCUT2D eigenvalue weighted by atomic mass is 9.80. The average molecular weight is 947 g/mol. The minimum atomic E-state index is -0.176. The smallest absolute Gasteiger partial charge is 0.0953 e. The number of likely N-dealkylation sites (tertiary alicyclic amines) is 1. The Hall–Kier alpha value is -4.36. The normalized spacial score (nSPS) is 16.7. The number of hydrazine groups is 1. The standard InChI is InChI=1S/C43H66N8S.C12H20N2.C2H4/c1-12-14-22-43(7,8)27-36-35-25-32(20-21-38(35)51(13-2)42(36)34-19-17-23-46-40(34)30(5)44)37-28-52-39(49-37)26-33(18-15-16-24-47-45-9)48-31(6)41(29(3)4)50(10)11;1-3-10-6-7-14(8-10)9(2)12(13)11-4-5-11;1-2/h12,17,19-21,23,25,28-30,33,41,45,47-48H,1,6,13-16,18,22,24,26-27,44H2,2-5,7-11H3;3,10-12H,1-2,4-8,13H2;1-2H2/t;10?,12-;/m.0./s1. The van der Waals surface area contributed by atoms with E-state index in [1.165, 1.54) is 41.4 Å². The SMILES string of the molecule is C=C.C=CC1CCN(C(=C)[C@H](N)C2CC2)C1.C=CCCC(C)(C)Cc1c(-c2cccnc2C(C)N)n(CC)c2ccc(-c3csc(CC(CCCCNNC)NC(=C)C(C(C)C)N(C)C)n3)cc12. The topological polar surface area (TPSA) is 125 Å². The van der Waals surface area contributed by atoms with Crippen LogP contribution in [0.5, 0.6) is 0 Å². The van der Waals surface area contributed by atoms with E-state index in [4.69, 9.17) is 21.4 Å². The van der Waals surface area contributed by atoms with Crippen LogP contribution in [-0.2, 0) is 19.4 Å². The molecule has 4 heterocycles. The quantitative estimate of drug-likeness (QED) is 0.0238. The Labute approximate surface area is 416 Å². The molecule has 1 saturated heterocycles. The van der Waals surface area contributed by atoms with Crippen LogP contribution >= 0.6 is 11.3 Å². The summed E-state index contributed by atoms with van der Waals surface area (Å²) < 4.78 is 2.46. The molecule has 374 valence electrons. The zero-order chi connectivity index (χ0) is 50.1. The van der Waals surface area contributed by atoms with Crippen LogP contribution in [0, 0.1) is 23.2 Å². The number of aryl methyl sites for hydroxylation is 1. The molecule has 7 N–H and O–H groups in total. The summed E-state index contributed by atoms with van der Waals surface area (Å²) in [5, 5.41) is 8.51. The molecule has 1 aromatic carbocycles.